The van der Waals surface area contributed by atoms with Gasteiger partial charge in [-0.2, -0.15) is 0 Å². The zero-order valence-corrected chi connectivity index (χ0v) is 14.0. The molecule has 1 saturated heterocycles. The predicted octanol–water partition coefficient (Wildman–Crippen LogP) is 3.82. The summed E-state index contributed by atoms with van der Waals surface area (Å²) >= 11 is 6.20. The molecule has 1 aromatic rings. The topological polar surface area (TPSA) is 59.6 Å². The fourth-order valence-electron chi connectivity index (χ4n) is 2.19. The minimum atomic E-state index is -0.547. The number of benzene rings is 1. The molecule has 5 nitrogen and oxygen atoms in total. The molecule has 0 radical (unpaired) electrons. The first-order chi connectivity index (χ1) is 10.3. The number of piperidine rings is 1. The maximum absolute atomic E-state index is 11.8. The summed E-state index contributed by atoms with van der Waals surface area (Å²) in [6.07, 6.45) is 1.65. The average molecular weight is 327 g/mol. The molecule has 2 rings (SSSR count). The third-order valence-electron chi connectivity index (χ3n) is 3.17. The van der Waals surface area contributed by atoms with Crippen molar-refractivity contribution >= 4 is 23.4 Å². The van der Waals surface area contributed by atoms with E-state index in [1.165, 1.54) is 0 Å². The van der Waals surface area contributed by atoms with E-state index in [1.807, 2.05) is 20.8 Å². The number of ether oxygens (including phenoxy) is 2. The van der Waals surface area contributed by atoms with E-state index in [9.17, 15) is 4.79 Å². The molecule has 0 atom stereocenters. The van der Waals surface area contributed by atoms with Crippen LogP contribution < -0.4 is 15.4 Å². The fraction of sp³-hybridized carbons (Fsp3) is 0.562. The van der Waals surface area contributed by atoms with Crippen LogP contribution in [0.3, 0.4) is 0 Å². The van der Waals surface area contributed by atoms with Gasteiger partial charge in [0.1, 0.15) is 17.5 Å². The van der Waals surface area contributed by atoms with Gasteiger partial charge in [0.15, 0.2) is 0 Å². The third kappa shape index (κ3) is 5.39. The van der Waals surface area contributed by atoms with Crippen LogP contribution in [0, 0.1) is 0 Å². The molecule has 0 bridgehead atoms. The van der Waals surface area contributed by atoms with Gasteiger partial charge in [0.2, 0.25) is 0 Å². The van der Waals surface area contributed by atoms with Crippen molar-refractivity contribution < 1.29 is 14.3 Å². The molecule has 1 amide bonds. The summed E-state index contributed by atoms with van der Waals surface area (Å²) in [4.78, 5) is 11.8. The Morgan fingerprint density at radius 2 is 2.00 bits per heavy atom. The number of halogens is 1. The molecule has 0 aliphatic carbocycles. The first kappa shape index (κ1) is 16.9. The quantitative estimate of drug-likeness (QED) is 0.886. The lowest BCUT2D eigenvalue weighted by atomic mass is 10.1. The van der Waals surface area contributed by atoms with Crippen LogP contribution in [0.1, 0.15) is 33.6 Å². The highest BCUT2D eigenvalue weighted by Crippen LogP contribution is 2.28. The van der Waals surface area contributed by atoms with E-state index in [0.29, 0.717) is 16.5 Å². The average Bonchev–Trinajstić information content (AvgIpc) is 2.41. The standard InChI is InChI=1S/C16H23ClN2O3/c1-16(2,3)22-15(20)19-14-5-4-12(10-13(14)17)21-11-6-8-18-9-7-11/h4-5,10-11,18H,6-9H2,1-3H3,(H,19,20). The van der Waals surface area contributed by atoms with Gasteiger partial charge in [0.05, 0.1) is 10.7 Å². The van der Waals surface area contributed by atoms with Gasteiger partial charge in [-0.15, -0.1) is 0 Å². The van der Waals surface area contributed by atoms with Crippen LogP contribution in [0.2, 0.25) is 5.02 Å². The molecular formula is C16H23ClN2O3. The van der Waals surface area contributed by atoms with Crippen molar-refractivity contribution in [1.29, 1.82) is 0 Å². The number of rotatable bonds is 3. The smallest absolute Gasteiger partial charge is 0.412 e. The Bertz CT molecular complexity index is 523. The Kier molecular flexibility index (Phi) is 5.53. The van der Waals surface area contributed by atoms with E-state index < -0.39 is 11.7 Å². The second-order valence-electron chi connectivity index (χ2n) is 6.34. The highest BCUT2D eigenvalue weighted by molar-refractivity contribution is 6.33. The van der Waals surface area contributed by atoms with Crippen molar-refractivity contribution in [2.24, 2.45) is 0 Å². The molecule has 1 aliphatic heterocycles. The highest BCUT2D eigenvalue weighted by Gasteiger charge is 2.18. The molecule has 0 saturated carbocycles. The SMILES string of the molecule is CC(C)(C)OC(=O)Nc1ccc(OC2CCNCC2)cc1Cl. The maximum Gasteiger partial charge on any atom is 0.412 e. The van der Waals surface area contributed by atoms with E-state index >= 15 is 0 Å². The fourth-order valence-corrected chi connectivity index (χ4v) is 2.41. The molecule has 0 spiro atoms. The van der Waals surface area contributed by atoms with Crippen molar-refractivity contribution in [3.8, 4) is 5.75 Å². The summed E-state index contributed by atoms with van der Waals surface area (Å²) in [5, 5.41) is 6.36. The van der Waals surface area contributed by atoms with Crippen molar-refractivity contribution in [3.63, 3.8) is 0 Å². The molecule has 22 heavy (non-hydrogen) atoms. The van der Waals surface area contributed by atoms with E-state index in [2.05, 4.69) is 10.6 Å². The van der Waals surface area contributed by atoms with Crippen molar-refractivity contribution in [2.75, 3.05) is 18.4 Å². The van der Waals surface area contributed by atoms with Gasteiger partial charge >= 0.3 is 6.09 Å². The largest absolute Gasteiger partial charge is 0.490 e. The summed E-state index contributed by atoms with van der Waals surface area (Å²) in [7, 11) is 0. The van der Waals surface area contributed by atoms with Gasteiger partial charge < -0.3 is 14.8 Å². The minimum absolute atomic E-state index is 0.210. The van der Waals surface area contributed by atoms with Gasteiger partial charge in [0.25, 0.3) is 0 Å². The lowest BCUT2D eigenvalue weighted by Crippen LogP contribution is -2.34. The molecule has 0 aromatic heterocycles. The molecule has 1 fully saturated rings. The summed E-state index contributed by atoms with van der Waals surface area (Å²) < 4.78 is 11.1. The first-order valence-electron chi connectivity index (χ1n) is 7.50. The van der Waals surface area contributed by atoms with Gasteiger partial charge in [-0.25, -0.2) is 4.79 Å². The zero-order valence-electron chi connectivity index (χ0n) is 13.2. The number of hydrogen-bond donors (Lipinski definition) is 2. The van der Waals surface area contributed by atoms with Crippen LogP contribution in [-0.4, -0.2) is 30.9 Å². The molecule has 122 valence electrons. The maximum atomic E-state index is 11.8. The summed E-state index contributed by atoms with van der Waals surface area (Å²) in [5.74, 6) is 0.714. The van der Waals surface area contributed by atoms with Crippen molar-refractivity contribution in [2.45, 2.75) is 45.3 Å². The lowest BCUT2D eigenvalue weighted by molar-refractivity contribution is 0.0636. The van der Waals surface area contributed by atoms with Gasteiger partial charge in [-0.05, 0) is 58.8 Å². The van der Waals surface area contributed by atoms with Gasteiger partial charge in [0, 0.05) is 6.07 Å². The second kappa shape index (κ2) is 7.20. The van der Waals surface area contributed by atoms with Crippen LogP contribution in [0.5, 0.6) is 5.75 Å². The van der Waals surface area contributed by atoms with E-state index in [1.54, 1.807) is 18.2 Å². The van der Waals surface area contributed by atoms with E-state index in [4.69, 9.17) is 21.1 Å². The van der Waals surface area contributed by atoms with Crippen LogP contribution in [0.15, 0.2) is 18.2 Å². The zero-order chi connectivity index (χ0) is 16.2. The first-order valence-corrected chi connectivity index (χ1v) is 7.88. The number of anilines is 1. The lowest BCUT2D eigenvalue weighted by Gasteiger charge is -2.24. The van der Waals surface area contributed by atoms with Crippen molar-refractivity contribution in [3.05, 3.63) is 23.2 Å². The normalized spacial score (nSPS) is 16.2. The summed E-state index contributed by atoms with van der Waals surface area (Å²) in [6, 6.07) is 5.25. The Hall–Kier alpha value is -1.46. The second-order valence-corrected chi connectivity index (χ2v) is 6.74. The Morgan fingerprint density at radius 3 is 2.59 bits per heavy atom. The van der Waals surface area contributed by atoms with Crippen LogP contribution in [0.4, 0.5) is 10.5 Å². The third-order valence-corrected chi connectivity index (χ3v) is 3.48. The van der Waals surface area contributed by atoms with Crippen molar-refractivity contribution in [1.82, 2.24) is 5.32 Å². The van der Waals surface area contributed by atoms with E-state index in [-0.39, 0.29) is 6.10 Å². The van der Waals surface area contributed by atoms with Crippen LogP contribution in [-0.2, 0) is 4.74 Å². The number of carbonyl (C=O) groups is 1. The highest BCUT2D eigenvalue weighted by atomic mass is 35.5. The van der Waals surface area contributed by atoms with Gasteiger partial charge in [-0.3, -0.25) is 5.32 Å². The molecule has 6 heteroatoms. The molecule has 1 heterocycles. The number of hydrogen-bond acceptors (Lipinski definition) is 4. The molecule has 1 aliphatic rings. The number of amides is 1. The van der Waals surface area contributed by atoms with E-state index in [0.717, 1.165) is 25.9 Å². The Balaban J connectivity index is 1.95. The molecule has 0 unspecified atom stereocenters. The Labute approximate surface area is 136 Å². The number of carbonyl (C=O) groups excluding carboxylic acids is 1. The summed E-state index contributed by atoms with van der Waals surface area (Å²) in [5.41, 5.74) is -0.0391. The van der Waals surface area contributed by atoms with Gasteiger partial charge in [-0.1, -0.05) is 11.6 Å². The molecule has 1 aromatic carbocycles. The van der Waals surface area contributed by atoms with Crippen LogP contribution in [0.25, 0.3) is 0 Å². The predicted molar refractivity (Wildman–Crippen MR) is 87.8 cm³/mol. The number of nitrogens with one attached hydrogen (secondary N) is 2. The minimum Gasteiger partial charge on any atom is -0.490 e. The molecular weight excluding hydrogens is 304 g/mol. The van der Waals surface area contributed by atoms with Crippen LogP contribution >= 0.6 is 11.6 Å². The monoisotopic (exact) mass is 326 g/mol. The summed E-state index contributed by atoms with van der Waals surface area (Å²) in [6.45, 7) is 7.37. The Morgan fingerprint density at radius 1 is 1.32 bits per heavy atom. The molecule has 2 N–H and O–H groups in total.